The second-order valence-electron chi connectivity index (χ2n) is 4.43. The number of rotatable bonds is 3. The summed E-state index contributed by atoms with van der Waals surface area (Å²) in [6.45, 7) is 7.85. The van der Waals surface area contributed by atoms with Crippen molar-refractivity contribution in [3.63, 3.8) is 0 Å². The van der Waals surface area contributed by atoms with Crippen LogP contribution in [0, 0.1) is 0 Å². The molecule has 1 amide bonds. The highest BCUT2D eigenvalue weighted by Crippen LogP contribution is 2.13. The molecular formula is C14H18N2O2. The van der Waals surface area contributed by atoms with E-state index in [1.807, 2.05) is 11.0 Å². The minimum Gasteiger partial charge on any atom is -0.508 e. The number of nitrogens with zero attached hydrogens (tertiary/aromatic N) is 2. The molecule has 1 aliphatic heterocycles. The zero-order chi connectivity index (χ0) is 13.0. The van der Waals surface area contributed by atoms with Crippen molar-refractivity contribution >= 4 is 5.91 Å². The lowest BCUT2D eigenvalue weighted by Crippen LogP contribution is -2.48. The second kappa shape index (κ2) is 5.69. The summed E-state index contributed by atoms with van der Waals surface area (Å²) in [6.07, 6.45) is 1.89. The molecule has 1 saturated heterocycles. The fourth-order valence-electron chi connectivity index (χ4n) is 2.10. The summed E-state index contributed by atoms with van der Waals surface area (Å²) in [4.78, 5) is 16.3. The molecule has 2 rings (SSSR count). The van der Waals surface area contributed by atoms with Crippen molar-refractivity contribution in [1.29, 1.82) is 0 Å². The maximum absolute atomic E-state index is 12.2. The molecule has 0 spiro atoms. The number of aromatic hydroxyl groups is 1. The highest BCUT2D eigenvalue weighted by molar-refractivity contribution is 5.94. The van der Waals surface area contributed by atoms with Gasteiger partial charge in [-0.3, -0.25) is 9.69 Å². The van der Waals surface area contributed by atoms with E-state index in [1.165, 1.54) is 0 Å². The van der Waals surface area contributed by atoms with Crippen LogP contribution in [0.4, 0.5) is 0 Å². The fraction of sp³-hybridized carbons (Fsp3) is 0.357. The van der Waals surface area contributed by atoms with Gasteiger partial charge in [0.2, 0.25) is 0 Å². The molecule has 0 unspecified atom stereocenters. The third-order valence-electron chi connectivity index (χ3n) is 3.16. The SMILES string of the molecule is C=CCN1CCN(C(=O)c2ccc(O)cc2)CC1. The summed E-state index contributed by atoms with van der Waals surface area (Å²) >= 11 is 0. The van der Waals surface area contributed by atoms with Gasteiger partial charge in [-0.15, -0.1) is 6.58 Å². The summed E-state index contributed by atoms with van der Waals surface area (Å²) in [6, 6.07) is 6.41. The van der Waals surface area contributed by atoms with E-state index < -0.39 is 0 Å². The summed E-state index contributed by atoms with van der Waals surface area (Å²) in [5.41, 5.74) is 0.630. The Morgan fingerprint density at radius 3 is 2.39 bits per heavy atom. The van der Waals surface area contributed by atoms with Crippen molar-refractivity contribution in [2.24, 2.45) is 0 Å². The van der Waals surface area contributed by atoms with Crippen LogP contribution in [-0.2, 0) is 0 Å². The van der Waals surface area contributed by atoms with Gasteiger partial charge in [0.25, 0.3) is 5.91 Å². The number of benzene rings is 1. The first kappa shape index (κ1) is 12.6. The van der Waals surface area contributed by atoms with Crippen molar-refractivity contribution in [2.45, 2.75) is 0 Å². The first-order chi connectivity index (χ1) is 8.70. The normalized spacial score (nSPS) is 16.6. The molecule has 0 bridgehead atoms. The number of hydrogen-bond acceptors (Lipinski definition) is 3. The van der Waals surface area contributed by atoms with Gasteiger partial charge in [-0.05, 0) is 24.3 Å². The lowest BCUT2D eigenvalue weighted by molar-refractivity contribution is 0.0650. The van der Waals surface area contributed by atoms with Crippen molar-refractivity contribution in [1.82, 2.24) is 9.80 Å². The Kier molecular flexibility index (Phi) is 3.99. The quantitative estimate of drug-likeness (QED) is 0.818. The Labute approximate surface area is 107 Å². The lowest BCUT2D eigenvalue weighted by Gasteiger charge is -2.34. The van der Waals surface area contributed by atoms with Gasteiger partial charge in [0.1, 0.15) is 5.75 Å². The van der Waals surface area contributed by atoms with Crippen molar-refractivity contribution in [3.05, 3.63) is 42.5 Å². The molecule has 1 fully saturated rings. The molecule has 0 radical (unpaired) electrons. The van der Waals surface area contributed by atoms with Gasteiger partial charge in [-0.2, -0.15) is 0 Å². The molecular weight excluding hydrogens is 228 g/mol. The number of carbonyl (C=O) groups excluding carboxylic acids is 1. The molecule has 4 nitrogen and oxygen atoms in total. The number of phenolic OH excluding ortho intramolecular Hbond substituents is 1. The molecule has 4 heteroatoms. The highest BCUT2D eigenvalue weighted by Gasteiger charge is 2.21. The summed E-state index contributed by atoms with van der Waals surface area (Å²) in [5, 5.41) is 9.20. The second-order valence-corrected chi connectivity index (χ2v) is 4.43. The van der Waals surface area contributed by atoms with Gasteiger partial charge in [0, 0.05) is 38.3 Å². The van der Waals surface area contributed by atoms with Crippen LogP contribution in [0.5, 0.6) is 5.75 Å². The van der Waals surface area contributed by atoms with Crippen molar-refractivity contribution < 1.29 is 9.90 Å². The number of phenols is 1. The lowest BCUT2D eigenvalue weighted by atomic mass is 10.1. The summed E-state index contributed by atoms with van der Waals surface area (Å²) in [7, 11) is 0. The van der Waals surface area contributed by atoms with Crippen molar-refractivity contribution in [3.8, 4) is 5.75 Å². The molecule has 18 heavy (non-hydrogen) atoms. The Morgan fingerprint density at radius 1 is 1.22 bits per heavy atom. The maximum Gasteiger partial charge on any atom is 0.253 e. The molecule has 0 atom stereocenters. The molecule has 1 heterocycles. The Bertz CT molecular complexity index is 420. The summed E-state index contributed by atoms with van der Waals surface area (Å²) in [5.74, 6) is 0.218. The van der Waals surface area contributed by atoms with Crippen LogP contribution in [-0.4, -0.2) is 53.5 Å². The van der Waals surface area contributed by atoms with E-state index in [0.717, 1.165) is 32.7 Å². The monoisotopic (exact) mass is 246 g/mol. The molecule has 0 saturated carbocycles. The fourth-order valence-corrected chi connectivity index (χ4v) is 2.10. The Morgan fingerprint density at radius 2 is 1.83 bits per heavy atom. The van der Waals surface area contributed by atoms with Gasteiger partial charge < -0.3 is 10.0 Å². The summed E-state index contributed by atoms with van der Waals surface area (Å²) < 4.78 is 0. The van der Waals surface area contributed by atoms with E-state index >= 15 is 0 Å². The number of piperazine rings is 1. The van der Waals surface area contributed by atoms with Gasteiger partial charge in [-0.1, -0.05) is 6.08 Å². The molecule has 96 valence electrons. The molecule has 1 aliphatic rings. The zero-order valence-corrected chi connectivity index (χ0v) is 10.4. The van der Waals surface area contributed by atoms with Crippen LogP contribution in [0.1, 0.15) is 10.4 Å². The van der Waals surface area contributed by atoms with Crippen LogP contribution in [0.2, 0.25) is 0 Å². The van der Waals surface area contributed by atoms with Gasteiger partial charge in [0.15, 0.2) is 0 Å². The van der Waals surface area contributed by atoms with Gasteiger partial charge in [-0.25, -0.2) is 0 Å². The van der Waals surface area contributed by atoms with E-state index in [-0.39, 0.29) is 11.7 Å². The Hall–Kier alpha value is -1.81. The maximum atomic E-state index is 12.2. The molecule has 1 N–H and O–H groups in total. The van der Waals surface area contributed by atoms with Crippen LogP contribution in [0.25, 0.3) is 0 Å². The minimum atomic E-state index is 0.0354. The smallest absolute Gasteiger partial charge is 0.253 e. The first-order valence-electron chi connectivity index (χ1n) is 6.12. The number of amides is 1. The first-order valence-corrected chi connectivity index (χ1v) is 6.12. The highest BCUT2D eigenvalue weighted by atomic mass is 16.3. The standard InChI is InChI=1S/C14H18N2O2/c1-2-7-15-8-10-16(11-9-15)14(18)12-3-5-13(17)6-4-12/h2-6,17H,1,7-11H2. The minimum absolute atomic E-state index is 0.0354. The average molecular weight is 246 g/mol. The van der Waals surface area contributed by atoms with E-state index in [1.54, 1.807) is 24.3 Å². The zero-order valence-electron chi connectivity index (χ0n) is 10.4. The van der Waals surface area contributed by atoms with Crippen molar-refractivity contribution in [2.75, 3.05) is 32.7 Å². The molecule has 1 aromatic rings. The molecule has 0 aromatic heterocycles. The van der Waals surface area contributed by atoms with E-state index in [0.29, 0.717) is 5.56 Å². The number of carbonyl (C=O) groups is 1. The van der Waals surface area contributed by atoms with Crippen LogP contribution in [0.15, 0.2) is 36.9 Å². The van der Waals surface area contributed by atoms with E-state index in [2.05, 4.69) is 11.5 Å². The van der Waals surface area contributed by atoms with Crippen LogP contribution in [0.3, 0.4) is 0 Å². The van der Waals surface area contributed by atoms with E-state index in [9.17, 15) is 9.90 Å². The van der Waals surface area contributed by atoms with E-state index in [4.69, 9.17) is 0 Å². The largest absolute Gasteiger partial charge is 0.508 e. The van der Waals surface area contributed by atoms with Gasteiger partial charge in [0.05, 0.1) is 0 Å². The third kappa shape index (κ3) is 2.90. The molecule has 0 aliphatic carbocycles. The Balaban J connectivity index is 1.95. The molecule has 1 aromatic carbocycles. The predicted octanol–water partition coefficient (Wildman–Crippen LogP) is 1.34. The number of hydrogen-bond donors (Lipinski definition) is 1. The van der Waals surface area contributed by atoms with Crippen LogP contribution >= 0.6 is 0 Å². The van der Waals surface area contributed by atoms with Gasteiger partial charge >= 0.3 is 0 Å². The average Bonchev–Trinajstić information content (AvgIpc) is 2.40. The van der Waals surface area contributed by atoms with Crippen LogP contribution < -0.4 is 0 Å². The predicted molar refractivity (Wildman–Crippen MR) is 70.6 cm³/mol. The topological polar surface area (TPSA) is 43.8 Å². The third-order valence-corrected chi connectivity index (χ3v) is 3.16.